The van der Waals surface area contributed by atoms with Gasteiger partial charge in [0.25, 0.3) is 11.6 Å². The number of fused-ring (bicyclic) bond motifs is 1. The highest BCUT2D eigenvalue weighted by Gasteiger charge is 2.21. The third-order valence-corrected chi connectivity index (χ3v) is 6.50. The average Bonchev–Trinajstić information content (AvgIpc) is 3.22. The summed E-state index contributed by atoms with van der Waals surface area (Å²) in [5, 5.41) is 17.6. The first-order valence-electron chi connectivity index (χ1n) is 10.1. The molecular formula is C22H24N4O4S2. The van der Waals surface area contributed by atoms with Crippen molar-refractivity contribution in [3.05, 3.63) is 69.2 Å². The number of hydrogen-bond donors (Lipinski definition) is 2. The second-order valence-corrected chi connectivity index (χ2v) is 9.19. The minimum Gasteiger partial charge on any atom is -0.354 e. The van der Waals surface area contributed by atoms with Gasteiger partial charge in [0.2, 0.25) is 5.91 Å². The molecular weight excluding hydrogens is 448 g/mol. The minimum absolute atomic E-state index is 0.150. The van der Waals surface area contributed by atoms with Crippen LogP contribution in [0.3, 0.4) is 0 Å². The molecule has 168 valence electrons. The van der Waals surface area contributed by atoms with E-state index in [1.807, 2.05) is 30.5 Å². The molecule has 10 heteroatoms. The number of para-hydroxylation sites is 1. The van der Waals surface area contributed by atoms with Gasteiger partial charge in [-0.3, -0.25) is 19.7 Å². The number of nitro benzene ring substituents is 1. The second kappa shape index (κ2) is 11.6. The standard InChI is InChI=1S/C22H24N4O4S2/c1-31-13-11-18(25-21(27)15-6-4-7-16(14-15)26(29)30)22(28)23-12-5-10-20-24-17-8-2-3-9-19(17)32-20/h2-4,6-9,14,18H,5,10-13H2,1H3,(H,23,28)(H,25,27). The molecule has 0 saturated heterocycles. The molecule has 1 heterocycles. The van der Waals surface area contributed by atoms with Crippen LogP contribution in [-0.4, -0.2) is 46.3 Å². The third-order valence-electron chi connectivity index (χ3n) is 4.76. The van der Waals surface area contributed by atoms with Crippen molar-refractivity contribution in [2.45, 2.75) is 25.3 Å². The predicted molar refractivity (Wildman–Crippen MR) is 128 cm³/mol. The van der Waals surface area contributed by atoms with Crippen LogP contribution < -0.4 is 10.6 Å². The zero-order valence-electron chi connectivity index (χ0n) is 17.6. The number of thioether (sulfide) groups is 1. The van der Waals surface area contributed by atoms with Crippen LogP contribution >= 0.6 is 23.1 Å². The van der Waals surface area contributed by atoms with Gasteiger partial charge in [0.05, 0.1) is 20.1 Å². The molecule has 0 aliphatic rings. The number of hydrogen-bond acceptors (Lipinski definition) is 7. The number of amides is 2. The summed E-state index contributed by atoms with van der Waals surface area (Å²) in [6, 6.07) is 12.7. The van der Waals surface area contributed by atoms with E-state index in [1.165, 1.54) is 24.3 Å². The number of benzene rings is 2. The molecule has 2 aromatic carbocycles. The number of thiazole rings is 1. The monoisotopic (exact) mass is 472 g/mol. The molecule has 1 unspecified atom stereocenters. The van der Waals surface area contributed by atoms with Gasteiger partial charge in [0.15, 0.2) is 0 Å². The number of aryl methyl sites for hydroxylation is 1. The van der Waals surface area contributed by atoms with Crippen molar-refractivity contribution < 1.29 is 14.5 Å². The highest BCUT2D eigenvalue weighted by molar-refractivity contribution is 7.98. The van der Waals surface area contributed by atoms with Crippen LogP contribution in [0.2, 0.25) is 0 Å². The van der Waals surface area contributed by atoms with E-state index in [4.69, 9.17) is 0 Å². The van der Waals surface area contributed by atoms with Gasteiger partial charge in [-0.25, -0.2) is 4.98 Å². The van der Waals surface area contributed by atoms with E-state index in [2.05, 4.69) is 15.6 Å². The van der Waals surface area contributed by atoms with Crippen molar-refractivity contribution in [3.63, 3.8) is 0 Å². The van der Waals surface area contributed by atoms with Crippen LogP contribution in [0, 0.1) is 10.1 Å². The van der Waals surface area contributed by atoms with Gasteiger partial charge in [0.1, 0.15) is 6.04 Å². The van der Waals surface area contributed by atoms with Crippen LogP contribution in [0.15, 0.2) is 48.5 Å². The van der Waals surface area contributed by atoms with Gasteiger partial charge in [-0.05, 0) is 43.0 Å². The first-order valence-corrected chi connectivity index (χ1v) is 12.4. The molecule has 2 N–H and O–H groups in total. The summed E-state index contributed by atoms with van der Waals surface area (Å²) in [6.45, 7) is 0.469. The maximum absolute atomic E-state index is 12.7. The Kier molecular flexibility index (Phi) is 8.57. The summed E-state index contributed by atoms with van der Waals surface area (Å²) in [5.74, 6) is -0.0782. The van der Waals surface area contributed by atoms with E-state index >= 15 is 0 Å². The van der Waals surface area contributed by atoms with Crippen LogP contribution in [-0.2, 0) is 11.2 Å². The summed E-state index contributed by atoms with van der Waals surface area (Å²) in [6.07, 6.45) is 3.88. The molecule has 0 spiro atoms. The zero-order valence-corrected chi connectivity index (χ0v) is 19.2. The van der Waals surface area contributed by atoms with Gasteiger partial charge >= 0.3 is 0 Å². The number of aromatic nitrogens is 1. The van der Waals surface area contributed by atoms with Crippen molar-refractivity contribution in [2.75, 3.05) is 18.6 Å². The van der Waals surface area contributed by atoms with Crippen molar-refractivity contribution in [1.29, 1.82) is 0 Å². The quantitative estimate of drug-likeness (QED) is 0.249. The van der Waals surface area contributed by atoms with E-state index in [0.29, 0.717) is 18.7 Å². The molecule has 2 amide bonds. The molecule has 3 rings (SSSR count). The van der Waals surface area contributed by atoms with Gasteiger partial charge in [-0.2, -0.15) is 11.8 Å². The largest absolute Gasteiger partial charge is 0.354 e. The lowest BCUT2D eigenvalue weighted by Gasteiger charge is -2.18. The van der Waals surface area contributed by atoms with Crippen LogP contribution in [0.25, 0.3) is 10.2 Å². The molecule has 3 aromatic rings. The molecule has 0 fully saturated rings. The molecule has 1 aromatic heterocycles. The Labute approximate surface area is 194 Å². The predicted octanol–water partition coefficient (Wildman–Crippen LogP) is 3.81. The summed E-state index contributed by atoms with van der Waals surface area (Å²) >= 11 is 3.23. The summed E-state index contributed by atoms with van der Waals surface area (Å²) in [4.78, 5) is 40.2. The number of non-ortho nitro benzene ring substituents is 1. The van der Waals surface area contributed by atoms with Crippen LogP contribution in [0.4, 0.5) is 5.69 Å². The van der Waals surface area contributed by atoms with Crippen LogP contribution in [0.1, 0.15) is 28.2 Å². The Morgan fingerprint density at radius 1 is 1.22 bits per heavy atom. The Hall–Kier alpha value is -2.98. The first-order chi connectivity index (χ1) is 15.5. The molecule has 0 aliphatic carbocycles. The normalized spacial score (nSPS) is 11.8. The van der Waals surface area contributed by atoms with Gasteiger partial charge < -0.3 is 10.6 Å². The maximum Gasteiger partial charge on any atom is 0.270 e. The Morgan fingerprint density at radius 2 is 2.03 bits per heavy atom. The summed E-state index contributed by atoms with van der Waals surface area (Å²) < 4.78 is 1.15. The SMILES string of the molecule is CSCCC(NC(=O)c1cccc([N+](=O)[O-])c1)C(=O)NCCCc1nc2ccccc2s1. The Bertz CT molecular complexity index is 1070. The third kappa shape index (κ3) is 6.51. The number of carbonyl (C=O) groups excluding carboxylic acids is 2. The molecule has 32 heavy (non-hydrogen) atoms. The highest BCUT2D eigenvalue weighted by atomic mass is 32.2. The number of carbonyl (C=O) groups is 2. The number of rotatable bonds is 11. The number of nitrogens with one attached hydrogen (secondary N) is 2. The first kappa shape index (κ1) is 23.7. The van der Waals surface area contributed by atoms with E-state index in [9.17, 15) is 19.7 Å². The van der Waals surface area contributed by atoms with Crippen molar-refractivity contribution in [3.8, 4) is 0 Å². The molecule has 8 nitrogen and oxygen atoms in total. The minimum atomic E-state index is -0.711. The Balaban J connectivity index is 1.53. The average molecular weight is 473 g/mol. The maximum atomic E-state index is 12.7. The van der Waals surface area contributed by atoms with Crippen LogP contribution in [0.5, 0.6) is 0 Å². The van der Waals surface area contributed by atoms with Crippen molar-refractivity contribution in [1.82, 2.24) is 15.6 Å². The van der Waals surface area contributed by atoms with E-state index in [0.717, 1.165) is 28.1 Å². The van der Waals surface area contributed by atoms with E-state index < -0.39 is 16.9 Å². The summed E-state index contributed by atoms with van der Waals surface area (Å²) in [7, 11) is 0. The van der Waals surface area contributed by atoms with Crippen molar-refractivity contribution in [2.24, 2.45) is 0 Å². The summed E-state index contributed by atoms with van der Waals surface area (Å²) in [5.41, 5.74) is 0.965. The molecule has 0 saturated carbocycles. The fraction of sp³-hybridized carbons (Fsp3) is 0.318. The van der Waals surface area contributed by atoms with E-state index in [-0.39, 0.29) is 17.2 Å². The van der Waals surface area contributed by atoms with Crippen molar-refractivity contribution >= 4 is 50.8 Å². The lowest BCUT2D eigenvalue weighted by atomic mass is 10.1. The topological polar surface area (TPSA) is 114 Å². The van der Waals surface area contributed by atoms with E-state index in [1.54, 1.807) is 23.1 Å². The smallest absolute Gasteiger partial charge is 0.270 e. The van der Waals surface area contributed by atoms with Gasteiger partial charge in [-0.15, -0.1) is 11.3 Å². The number of nitrogens with zero attached hydrogens (tertiary/aromatic N) is 2. The highest BCUT2D eigenvalue weighted by Crippen LogP contribution is 2.22. The van der Waals surface area contributed by atoms with Gasteiger partial charge in [-0.1, -0.05) is 18.2 Å². The zero-order chi connectivity index (χ0) is 22.9. The fourth-order valence-corrected chi connectivity index (χ4v) is 4.59. The second-order valence-electron chi connectivity index (χ2n) is 7.08. The fourth-order valence-electron chi connectivity index (χ4n) is 3.11. The Morgan fingerprint density at radius 3 is 2.78 bits per heavy atom. The molecule has 0 aliphatic heterocycles. The molecule has 0 radical (unpaired) electrons. The molecule has 0 bridgehead atoms. The lowest BCUT2D eigenvalue weighted by molar-refractivity contribution is -0.384. The molecule has 1 atom stereocenters. The lowest BCUT2D eigenvalue weighted by Crippen LogP contribution is -2.47. The number of nitro groups is 1. The van der Waals surface area contributed by atoms with Gasteiger partial charge in [0, 0.05) is 30.7 Å².